The van der Waals surface area contributed by atoms with Crippen LogP contribution in [0.5, 0.6) is 5.75 Å². The molecule has 0 saturated heterocycles. The van der Waals surface area contributed by atoms with Crippen LogP contribution >= 0.6 is 0 Å². The van der Waals surface area contributed by atoms with Gasteiger partial charge in [-0.25, -0.2) is 4.39 Å². The molecule has 6 heteroatoms. The quantitative estimate of drug-likeness (QED) is 0.673. The zero-order valence-corrected chi connectivity index (χ0v) is 12.8. The first kappa shape index (κ1) is 15.7. The number of nitrogens with zero attached hydrogens (tertiary/aromatic N) is 1. The predicted molar refractivity (Wildman–Crippen MR) is 88.7 cm³/mol. The molecule has 1 aliphatic heterocycles. The number of amides is 2. The van der Waals surface area contributed by atoms with Crippen LogP contribution in [0.4, 0.5) is 15.8 Å². The Hall–Kier alpha value is -3.15. The molecule has 3 rings (SSSR count). The van der Waals surface area contributed by atoms with E-state index in [0.717, 1.165) is 6.08 Å². The molecule has 2 aromatic carbocycles. The minimum Gasteiger partial charge on any atom is -0.507 e. The van der Waals surface area contributed by atoms with Gasteiger partial charge in [0.1, 0.15) is 11.6 Å². The average molecular weight is 326 g/mol. The molecule has 1 heterocycles. The molecule has 0 spiro atoms. The standard InChI is InChI=1S/C18H15FN2O3/c1-2-17(23)20-11-6-7-16(22)13(10-11)18(24)21-9-8-12-14(19)4-3-5-15(12)21/h2-7,10,22H,1,8-9H2,(H,20,23). The number of benzene rings is 2. The summed E-state index contributed by atoms with van der Waals surface area (Å²) < 4.78 is 13.8. The Morgan fingerprint density at radius 1 is 1.29 bits per heavy atom. The van der Waals surface area contributed by atoms with Gasteiger partial charge in [0.25, 0.3) is 5.91 Å². The number of nitrogens with one attached hydrogen (secondary N) is 1. The number of phenolic OH excluding ortho intramolecular Hbond substituents is 1. The molecular formula is C18H15FN2O3. The molecule has 0 aliphatic carbocycles. The van der Waals surface area contributed by atoms with E-state index in [2.05, 4.69) is 11.9 Å². The second-order valence-electron chi connectivity index (χ2n) is 5.37. The molecular weight excluding hydrogens is 311 g/mol. The fourth-order valence-electron chi connectivity index (χ4n) is 2.73. The van der Waals surface area contributed by atoms with Gasteiger partial charge in [-0.05, 0) is 42.8 Å². The summed E-state index contributed by atoms with van der Waals surface area (Å²) in [6.07, 6.45) is 1.52. The van der Waals surface area contributed by atoms with Crippen molar-refractivity contribution in [3.63, 3.8) is 0 Å². The van der Waals surface area contributed by atoms with E-state index >= 15 is 0 Å². The Kier molecular flexibility index (Phi) is 4.04. The smallest absolute Gasteiger partial charge is 0.262 e. The molecule has 2 N–H and O–H groups in total. The van der Waals surface area contributed by atoms with Gasteiger partial charge in [0, 0.05) is 17.8 Å². The topological polar surface area (TPSA) is 69.6 Å². The number of anilines is 2. The van der Waals surface area contributed by atoms with Crippen LogP contribution in [-0.4, -0.2) is 23.5 Å². The fraction of sp³-hybridized carbons (Fsp3) is 0.111. The average Bonchev–Trinajstić information content (AvgIpc) is 3.01. The van der Waals surface area contributed by atoms with Crippen LogP contribution in [0.15, 0.2) is 49.1 Å². The lowest BCUT2D eigenvalue weighted by Crippen LogP contribution is -2.29. The monoisotopic (exact) mass is 326 g/mol. The molecule has 0 saturated carbocycles. The molecule has 2 aromatic rings. The molecule has 1 aliphatic rings. The summed E-state index contributed by atoms with van der Waals surface area (Å²) in [5.74, 6) is -1.43. The fourth-order valence-corrected chi connectivity index (χ4v) is 2.73. The highest BCUT2D eigenvalue weighted by molar-refractivity contribution is 6.10. The number of rotatable bonds is 3. The van der Waals surface area contributed by atoms with Gasteiger partial charge in [-0.15, -0.1) is 0 Å². The maximum absolute atomic E-state index is 13.8. The number of aromatic hydroxyl groups is 1. The van der Waals surface area contributed by atoms with Gasteiger partial charge in [0.2, 0.25) is 5.91 Å². The summed E-state index contributed by atoms with van der Waals surface area (Å²) in [5, 5.41) is 12.5. The Labute approximate surface area is 138 Å². The second kappa shape index (κ2) is 6.16. The van der Waals surface area contributed by atoms with Crippen molar-refractivity contribution in [3.05, 3.63) is 66.0 Å². The lowest BCUT2D eigenvalue weighted by molar-refractivity contribution is -0.111. The van der Waals surface area contributed by atoms with E-state index in [4.69, 9.17) is 0 Å². The Morgan fingerprint density at radius 3 is 2.83 bits per heavy atom. The minimum atomic E-state index is -0.452. The highest BCUT2D eigenvalue weighted by Gasteiger charge is 2.29. The molecule has 0 aromatic heterocycles. The number of phenols is 1. The maximum atomic E-state index is 13.8. The summed E-state index contributed by atoms with van der Waals surface area (Å²) >= 11 is 0. The summed E-state index contributed by atoms with van der Waals surface area (Å²) in [6, 6.07) is 8.76. The first-order valence-corrected chi connectivity index (χ1v) is 7.37. The normalized spacial score (nSPS) is 12.6. The van der Waals surface area contributed by atoms with Crippen LogP contribution < -0.4 is 10.2 Å². The van der Waals surface area contributed by atoms with Crippen molar-refractivity contribution in [3.8, 4) is 5.75 Å². The zero-order valence-electron chi connectivity index (χ0n) is 12.8. The Balaban J connectivity index is 1.94. The van der Waals surface area contributed by atoms with E-state index in [0.29, 0.717) is 29.9 Å². The molecule has 122 valence electrons. The van der Waals surface area contributed by atoms with Crippen molar-refractivity contribution in [2.24, 2.45) is 0 Å². The van der Waals surface area contributed by atoms with E-state index in [1.807, 2.05) is 0 Å². The van der Waals surface area contributed by atoms with E-state index < -0.39 is 11.8 Å². The Bertz CT molecular complexity index is 848. The number of hydrogen-bond acceptors (Lipinski definition) is 3. The van der Waals surface area contributed by atoms with Gasteiger partial charge in [-0.3, -0.25) is 9.59 Å². The van der Waals surface area contributed by atoms with Crippen molar-refractivity contribution < 1.29 is 19.1 Å². The highest BCUT2D eigenvalue weighted by Crippen LogP contribution is 2.33. The summed E-state index contributed by atoms with van der Waals surface area (Å²) in [6.45, 7) is 3.69. The third-order valence-corrected chi connectivity index (χ3v) is 3.90. The summed E-state index contributed by atoms with van der Waals surface area (Å²) in [4.78, 5) is 25.6. The molecule has 5 nitrogen and oxygen atoms in total. The molecule has 24 heavy (non-hydrogen) atoms. The summed E-state index contributed by atoms with van der Waals surface area (Å²) in [7, 11) is 0. The molecule has 2 amide bonds. The number of hydrogen-bond donors (Lipinski definition) is 2. The first-order valence-electron chi connectivity index (χ1n) is 7.37. The lowest BCUT2D eigenvalue weighted by Gasteiger charge is -2.18. The summed E-state index contributed by atoms with van der Waals surface area (Å²) in [5.41, 5.74) is 1.38. The molecule has 0 unspecified atom stereocenters. The van der Waals surface area contributed by atoms with Gasteiger partial charge in [-0.2, -0.15) is 0 Å². The van der Waals surface area contributed by atoms with E-state index in [9.17, 15) is 19.1 Å². The van der Waals surface area contributed by atoms with Crippen LogP contribution in [0.1, 0.15) is 15.9 Å². The molecule has 0 fully saturated rings. The van der Waals surface area contributed by atoms with Crippen molar-refractivity contribution in [2.75, 3.05) is 16.8 Å². The van der Waals surface area contributed by atoms with Crippen molar-refractivity contribution in [1.82, 2.24) is 0 Å². The van der Waals surface area contributed by atoms with E-state index in [1.54, 1.807) is 12.1 Å². The molecule has 0 radical (unpaired) electrons. The third kappa shape index (κ3) is 2.74. The number of carbonyl (C=O) groups excluding carboxylic acids is 2. The SMILES string of the molecule is C=CC(=O)Nc1ccc(O)c(C(=O)N2CCc3c(F)cccc32)c1. The second-order valence-corrected chi connectivity index (χ2v) is 5.37. The molecule has 0 atom stereocenters. The molecule has 0 bridgehead atoms. The third-order valence-electron chi connectivity index (χ3n) is 3.90. The Morgan fingerprint density at radius 2 is 2.08 bits per heavy atom. The van der Waals surface area contributed by atoms with Gasteiger partial charge in [0.05, 0.1) is 11.3 Å². The van der Waals surface area contributed by atoms with Crippen LogP contribution in [0, 0.1) is 5.82 Å². The maximum Gasteiger partial charge on any atom is 0.262 e. The number of halogens is 1. The zero-order chi connectivity index (χ0) is 17.3. The van der Waals surface area contributed by atoms with Crippen molar-refractivity contribution in [2.45, 2.75) is 6.42 Å². The largest absolute Gasteiger partial charge is 0.507 e. The van der Waals surface area contributed by atoms with Gasteiger partial charge < -0.3 is 15.3 Å². The number of carbonyl (C=O) groups is 2. The van der Waals surface area contributed by atoms with Crippen molar-refractivity contribution >= 4 is 23.2 Å². The van der Waals surface area contributed by atoms with Gasteiger partial charge in [0.15, 0.2) is 0 Å². The van der Waals surface area contributed by atoms with Crippen LogP contribution in [0.2, 0.25) is 0 Å². The minimum absolute atomic E-state index is 0.0361. The van der Waals surface area contributed by atoms with E-state index in [1.165, 1.54) is 29.2 Å². The van der Waals surface area contributed by atoms with Gasteiger partial charge >= 0.3 is 0 Å². The van der Waals surface area contributed by atoms with Gasteiger partial charge in [-0.1, -0.05) is 12.6 Å². The van der Waals surface area contributed by atoms with Crippen LogP contribution in [0.25, 0.3) is 0 Å². The first-order chi connectivity index (χ1) is 11.5. The number of fused-ring (bicyclic) bond motifs is 1. The van der Waals surface area contributed by atoms with Crippen LogP contribution in [0.3, 0.4) is 0 Å². The van der Waals surface area contributed by atoms with E-state index in [-0.39, 0.29) is 17.1 Å². The lowest BCUT2D eigenvalue weighted by atomic mass is 10.1. The van der Waals surface area contributed by atoms with Crippen molar-refractivity contribution in [1.29, 1.82) is 0 Å². The predicted octanol–water partition coefficient (Wildman–Crippen LogP) is 2.86. The highest BCUT2D eigenvalue weighted by atomic mass is 19.1. The van der Waals surface area contributed by atoms with Crippen LogP contribution in [-0.2, 0) is 11.2 Å².